The highest BCUT2D eigenvalue weighted by Gasteiger charge is 2.13. The van der Waals surface area contributed by atoms with E-state index in [2.05, 4.69) is 16.6 Å². The van der Waals surface area contributed by atoms with Crippen LogP contribution in [0.4, 0.5) is 5.69 Å². The third-order valence-electron chi connectivity index (χ3n) is 3.20. The summed E-state index contributed by atoms with van der Waals surface area (Å²) in [6.45, 7) is 2.58. The predicted molar refractivity (Wildman–Crippen MR) is 93.2 cm³/mol. The van der Waals surface area contributed by atoms with Gasteiger partial charge in [-0.15, -0.1) is 6.42 Å². The molecule has 0 atom stereocenters. The monoisotopic (exact) mass is 322 g/mol. The van der Waals surface area contributed by atoms with Gasteiger partial charge in [-0.25, -0.2) is 0 Å². The molecule has 0 saturated carbocycles. The van der Waals surface area contributed by atoms with E-state index in [1.165, 1.54) is 0 Å². The van der Waals surface area contributed by atoms with Crippen LogP contribution in [0.25, 0.3) is 0 Å². The highest BCUT2D eigenvalue weighted by molar-refractivity contribution is 6.09. The van der Waals surface area contributed by atoms with Crippen molar-refractivity contribution in [3.63, 3.8) is 0 Å². The van der Waals surface area contributed by atoms with Gasteiger partial charge in [0.1, 0.15) is 5.75 Å². The maximum Gasteiger partial charge on any atom is 0.255 e. The van der Waals surface area contributed by atoms with Gasteiger partial charge < -0.3 is 15.4 Å². The fourth-order valence-electron chi connectivity index (χ4n) is 2.08. The maximum atomic E-state index is 12.4. The number of rotatable bonds is 6. The number of hydrogen-bond acceptors (Lipinski definition) is 3. The zero-order valence-electron chi connectivity index (χ0n) is 13.3. The Morgan fingerprint density at radius 3 is 2.46 bits per heavy atom. The van der Waals surface area contributed by atoms with Crippen LogP contribution in [-0.2, 0) is 0 Å². The summed E-state index contributed by atoms with van der Waals surface area (Å²) in [5.74, 6) is 2.39. The lowest BCUT2D eigenvalue weighted by Crippen LogP contribution is -2.25. The normalized spacial score (nSPS) is 9.67. The van der Waals surface area contributed by atoms with Gasteiger partial charge in [-0.05, 0) is 43.3 Å². The fraction of sp³-hybridized carbons (Fsp3) is 0.158. The van der Waals surface area contributed by atoms with Gasteiger partial charge in [0.2, 0.25) is 0 Å². The van der Waals surface area contributed by atoms with Crippen LogP contribution < -0.4 is 15.4 Å². The Kier molecular flexibility index (Phi) is 5.98. The summed E-state index contributed by atoms with van der Waals surface area (Å²) in [7, 11) is 0. The Morgan fingerprint density at radius 1 is 1.08 bits per heavy atom. The van der Waals surface area contributed by atoms with Gasteiger partial charge in [-0.2, -0.15) is 0 Å². The second kappa shape index (κ2) is 8.39. The Hall–Kier alpha value is -3.26. The number of terminal acetylenes is 1. The number of ether oxygens (including phenoxy) is 1. The SMILES string of the molecule is C#CCNC(=O)c1ccccc1NC(=O)c1ccc(OCC)cc1. The molecule has 0 radical (unpaired) electrons. The van der Waals surface area contributed by atoms with E-state index >= 15 is 0 Å². The van der Waals surface area contributed by atoms with Gasteiger partial charge >= 0.3 is 0 Å². The first kappa shape index (κ1) is 17.1. The van der Waals surface area contributed by atoms with Crippen LogP contribution in [0.15, 0.2) is 48.5 Å². The molecule has 0 unspecified atom stereocenters. The highest BCUT2D eigenvalue weighted by atomic mass is 16.5. The average Bonchev–Trinajstić information content (AvgIpc) is 2.61. The molecule has 0 fully saturated rings. The summed E-state index contributed by atoms with van der Waals surface area (Å²) in [5, 5.41) is 5.32. The summed E-state index contributed by atoms with van der Waals surface area (Å²) >= 11 is 0. The smallest absolute Gasteiger partial charge is 0.255 e. The van der Waals surface area contributed by atoms with Gasteiger partial charge in [0, 0.05) is 5.56 Å². The zero-order valence-corrected chi connectivity index (χ0v) is 13.3. The molecule has 2 aromatic rings. The van der Waals surface area contributed by atoms with Gasteiger partial charge in [-0.3, -0.25) is 9.59 Å². The first-order valence-electron chi connectivity index (χ1n) is 7.50. The second-order valence-electron chi connectivity index (χ2n) is 4.84. The minimum atomic E-state index is -0.337. The molecule has 2 aromatic carbocycles. The van der Waals surface area contributed by atoms with Gasteiger partial charge in [0.15, 0.2) is 0 Å². The van der Waals surface area contributed by atoms with E-state index in [0.717, 1.165) is 0 Å². The molecular weight excluding hydrogens is 304 g/mol. The number of hydrogen-bond donors (Lipinski definition) is 2. The van der Waals surface area contributed by atoms with Crippen molar-refractivity contribution < 1.29 is 14.3 Å². The molecule has 0 aliphatic rings. The second-order valence-corrected chi connectivity index (χ2v) is 4.84. The Bertz CT molecular complexity index is 761. The first-order valence-corrected chi connectivity index (χ1v) is 7.50. The molecule has 2 amide bonds. The number of carbonyl (C=O) groups excluding carboxylic acids is 2. The van der Waals surface area contributed by atoms with Crippen molar-refractivity contribution in [1.82, 2.24) is 5.32 Å². The van der Waals surface area contributed by atoms with E-state index in [1.54, 1.807) is 48.5 Å². The summed E-state index contributed by atoms with van der Waals surface area (Å²) in [6.07, 6.45) is 5.14. The first-order chi connectivity index (χ1) is 11.7. The lowest BCUT2D eigenvalue weighted by molar-refractivity contribution is 0.0959. The molecule has 0 saturated heterocycles. The lowest BCUT2D eigenvalue weighted by Gasteiger charge is -2.11. The maximum absolute atomic E-state index is 12.4. The van der Waals surface area contributed by atoms with Crippen molar-refractivity contribution in [1.29, 1.82) is 0 Å². The number of benzene rings is 2. The van der Waals surface area contributed by atoms with Gasteiger partial charge in [-0.1, -0.05) is 18.1 Å². The molecule has 0 bridgehead atoms. The van der Waals surface area contributed by atoms with Crippen molar-refractivity contribution in [2.24, 2.45) is 0 Å². The molecule has 0 aliphatic heterocycles. The number of amides is 2. The Labute approximate surface area is 141 Å². The van der Waals surface area contributed by atoms with Crippen LogP contribution in [0.2, 0.25) is 0 Å². The van der Waals surface area contributed by atoms with Crippen LogP contribution in [-0.4, -0.2) is 25.0 Å². The van der Waals surface area contributed by atoms with Crippen LogP contribution in [0.3, 0.4) is 0 Å². The van der Waals surface area contributed by atoms with Crippen LogP contribution in [0.5, 0.6) is 5.75 Å². The summed E-state index contributed by atoms with van der Waals surface area (Å²) < 4.78 is 5.35. The number of nitrogens with one attached hydrogen (secondary N) is 2. The van der Waals surface area contributed by atoms with E-state index in [9.17, 15) is 9.59 Å². The minimum Gasteiger partial charge on any atom is -0.494 e. The average molecular weight is 322 g/mol. The Morgan fingerprint density at radius 2 is 1.79 bits per heavy atom. The molecule has 0 spiro atoms. The molecule has 2 rings (SSSR count). The van der Waals surface area contributed by atoms with Crippen molar-refractivity contribution >= 4 is 17.5 Å². The van der Waals surface area contributed by atoms with E-state index in [4.69, 9.17) is 11.2 Å². The molecule has 0 aliphatic carbocycles. The molecule has 2 N–H and O–H groups in total. The summed E-state index contributed by atoms with van der Waals surface area (Å²) in [6, 6.07) is 13.5. The molecule has 122 valence electrons. The lowest BCUT2D eigenvalue weighted by atomic mass is 10.1. The number of carbonyl (C=O) groups is 2. The molecule has 0 heterocycles. The van der Waals surface area contributed by atoms with Crippen LogP contribution in [0, 0.1) is 12.3 Å². The van der Waals surface area contributed by atoms with Gasteiger partial charge in [0.25, 0.3) is 11.8 Å². The molecular formula is C19H18N2O3. The molecule has 5 heteroatoms. The zero-order chi connectivity index (χ0) is 17.4. The standard InChI is InChI=1S/C19H18N2O3/c1-3-13-20-19(23)16-7-5-6-8-17(16)21-18(22)14-9-11-15(12-10-14)24-4-2/h1,5-12H,4,13H2,2H3,(H,20,23)(H,21,22). The van der Waals surface area contributed by atoms with Crippen LogP contribution >= 0.6 is 0 Å². The van der Waals surface area contributed by atoms with Crippen molar-refractivity contribution in [2.75, 3.05) is 18.5 Å². The predicted octanol–water partition coefficient (Wildman–Crippen LogP) is 2.70. The largest absolute Gasteiger partial charge is 0.494 e. The molecule has 0 aromatic heterocycles. The van der Waals surface area contributed by atoms with E-state index in [1.807, 2.05) is 6.92 Å². The quantitative estimate of drug-likeness (QED) is 0.804. The summed E-state index contributed by atoms with van der Waals surface area (Å²) in [4.78, 5) is 24.4. The number of para-hydroxylation sites is 1. The highest BCUT2D eigenvalue weighted by Crippen LogP contribution is 2.17. The van der Waals surface area contributed by atoms with E-state index in [0.29, 0.717) is 29.2 Å². The van der Waals surface area contributed by atoms with Crippen molar-refractivity contribution in [3.05, 3.63) is 59.7 Å². The topological polar surface area (TPSA) is 67.4 Å². The Balaban J connectivity index is 2.14. The fourth-order valence-corrected chi connectivity index (χ4v) is 2.08. The molecule has 5 nitrogen and oxygen atoms in total. The van der Waals surface area contributed by atoms with Crippen LogP contribution in [0.1, 0.15) is 27.6 Å². The van der Waals surface area contributed by atoms with Gasteiger partial charge in [0.05, 0.1) is 24.4 Å². The van der Waals surface area contributed by atoms with Crippen molar-refractivity contribution in [2.45, 2.75) is 6.92 Å². The van der Waals surface area contributed by atoms with Crippen molar-refractivity contribution in [3.8, 4) is 18.1 Å². The summed E-state index contributed by atoms with van der Waals surface area (Å²) in [5.41, 5.74) is 1.25. The third kappa shape index (κ3) is 4.37. The van der Waals surface area contributed by atoms with E-state index < -0.39 is 0 Å². The minimum absolute atomic E-state index is 0.125. The number of anilines is 1. The van der Waals surface area contributed by atoms with E-state index in [-0.39, 0.29) is 18.4 Å². The third-order valence-corrected chi connectivity index (χ3v) is 3.20. The molecule has 24 heavy (non-hydrogen) atoms.